The average Bonchev–Trinajstić information content (AvgIpc) is 3.11. The molecule has 0 radical (unpaired) electrons. The van der Waals surface area contributed by atoms with Gasteiger partial charge < -0.3 is 19.3 Å². The Morgan fingerprint density at radius 2 is 1.71 bits per heavy atom. The highest BCUT2D eigenvalue weighted by Gasteiger charge is 2.33. The van der Waals surface area contributed by atoms with Crippen LogP contribution in [0.15, 0.2) is 46.2 Å². The summed E-state index contributed by atoms with van der Waals surface area (Å²) >= 11 is 1.32. The molecule has 0 bridgehead atoms. The van der Waals surface area contributed by atoms with Gasteiger partial charge in [0.15, 0.2) is 0 Å². The van der Waals surface area contributed by atoms with Crippen LogP contribution in [0.25, 0.3) is 6.08 Å². The number of amides is 1. The standard InChI is InChI=1S/C24H26N2O4S/c1-25(2)17-9-7-16(8-10-17)15-20-22(27)21-18(29-3)11-12-19(23(21)31-20)30-24(28)26-13-5-4-6-14-26/h7-12,15H,4-6,13-14H2,1-3H3/b20-15+. The second-order valence-electron chi connectivity index (χ2n) is 7.81. The molecule has 0 spiro atoms. The van der Waals surface area contributed by atoms with Gasteiger partial charge in [-0.3, -0.25) is 4.79 Å². The molecule has 2 aromatic carbocycles. The second-order valence-corrected chi connectivity index (χ2v) is 8.86. The molecule has 0 saturated carbocycles. The van der Waals surface area contributed by atoms with Crippen LogP contribution in [0.5, 0.6) is 11.5 Å². The second kappa shape index (κ2) is 9.06. The van der Waals surface area contributed by atoms with Crippen LogP contribution in [0.4, 0.5) is 10.5 Å². The van der Waals surface area contributed by atoms with Gasteiger partial charge in [-0.25, -0.2) is 4.79 Å². The lowest BCUT2D eigenvalue weighted by Gasteiger charge is -2.26. The molecular weight excluding hydrogens is 412 g/mol. The Morgan fingerprint density at radius 3 is 2.35 bits per heavy atom. The predicted molar refractivity (Wildman–Crippen MR) is 123 cm³/mol. The lowest BCUT2D eigenvalue weighted by molar-refractivity contribution is 0.103. The van der Waals surface area contributed by atoms with E-state index in [1.54, 1.807) is 17.0 Å². The smallest absolute Gasteiger partial charge is 0.415 e. The van der Waals surface area contributed by atoms with Crippen molar-refractivity contribution in [2.45, 2.75) is 24.2 Å². The summed E-state index contributed by atoms with van der Waals surface area (Å²) in [5.74, 6) is 0.761. The monoisotopic (exact) mass is 438 g/mol. The Morgan fingerprint density at radius 1 is 1.03 bits per heavy atom. The summed E-state index contributed by atoms with van der Waals surface area (Å²) < 4.78 is 11.1. The molecule has 2 heterocycles. The van der Waals surface area contributed by atoms with Crippen molar-refractivity contribution in [3.63, 3.8) is 0 Å². The van der Waals surface area contributed by atoms with E-state index in [1.807, 2.05) is 49.3 Å². The van der Waals surface area contributed by atoms with Gasteiger partial charge in [-0.1, -0.05) is 23.9 Å². The van der Waals surface area contributed by atoms with Crippen molar-refractivity contribution in [2.24, 2.45) is 0 Å². The molecule has 0 atom stereocenters. The molecule has 2 aromatic rings. The maximum atomic E-state index is 13.2. The quantitative estimate of drug-likeness (QED) is 0.621. The molecule has 0 N–H and O–H groups in total. The maximum Gasteiger partial charge on any atom is 0.415 e. The number of ether oxygens (including phenoxy) is 2. The first-order chi connectivity index (χ1) is 15.0. The van der Waals surface area contributed by atoms with E-state index in [0.29, 0.717) is 40.0 Å². The van der Waals surface area contributed by atoms with Gasteiger partial charge >= 0.3 is 6.09 Å². The van der Waals surface area contributed by atoms with Crippen molar-refractivity contribution >= 4 is 35.4 Å². The van der Waals surface area contributed by atoms with E-state index in [0.717, 1.165) is 30.5 Å². The molecule has 1 saturated heterocycles. The first-order valence-corrected chi connectivity index (χ1v) is 11.2. The lowest BCUT2D eigenvalue weighted by atomic mass is 10.1. The van der Waals surface area contributed by atoms with Crippen molar-refractivity contribution < 1.29 is 19.1 Å². The van der Waals surface area contributed by atoms with Crippen LogP contribution < -0.4 is 14.4 Å². The summed E-state index contributed by atoms with van der Waals surface area (Å²) in [6, 6.07) is 11.4. The molecule has 0 aliphatic carbocycles. The highest BCUT2D eigenvalue weighted by molar-refractivity contribution is 8.05. The number of thioether (sulfide) groups is 1. The largest absolute Gasteiger partial charge is 0.496 e. The van der Waals surface area contributed by atoms with Gasteiger partial charge in [0.1, 0.15) is 11.5 Å². The third-order valence-corrected chi connectivity index (χ3v) is 6.62. The van der Waals surface area contributed by atoms with Crippen LogP contribution in [-0.2, 0) is 0 Å². The number of anilines is 1. The fourth-order valence-corrected chi connectivity index (χ4v) is 4.86. The number of likely N-dealkylation sites (tertiary alicyclic amines) is 1. The minimum Gasteiger partial charge on any atom is -0.496 e. The highest BCUT2D eigenvalue weighted by Crippen LogP contribution is 2.49. The van der Waals surface area contributed by atoms with Crippen molar-refractivity contribution in [1.82, 2.24) is 4.90 Å². The Kier molecular flexibility index (Phi) is 6.23. The van der Waals surface area contributed by atoms with Gasteiger partial charge in [0.2, 0.25) is 5.78 Å². The summed E-state index contributed by atoms with van der Waals surface area (Å²) in [5.41, 5.74) is 2.47. The number of methoxy groups -OCH3 is 1. The zero-order valence-corrected chi connectivity index (χ0v) is 18.8. The predicted octanol–water partition coefficient (Wildman–Crippen LogP) is 5.08. The van der Waals surface area contributed by atoms with Crippen molar-refractivity contribution in [3.05, 3.63) is 52.4 Å². The molecule has 2 aliphatic rings. The number of ketones is 1. The minimum absolute atomic E-state index is 0.121. The van der Waals surface area contributed by atoms with Crippen LogP contribution in [0.1, 0.15) is 35.2 Å². The van der Waals surface area contributed by atoms with Gasteiger partial charge in [0, 0.05) is 32.9 Å². The van der Waals surface area contributed by atoms with Gasteiger partial charge in [-0.15, -0.1) is 0 Å². The number of piperidine rings is 1. The Labute approximate surface area is 186 Å². The Balaban J connectivity index is 1.62. The summed E-state index contributed by atoms with van der Waals surface area (Å²) in [5, 5.41) is 0. The number of rotatable bonds is 4. The SMILES string of the molecule is COc1ccc(OC(=O)N2CCCCC2)c2c1C(=O)/C(=C\c1ccc(N(C)C)cc1)S2. The van der Waals surface area contributed by atoms with Gasteiger partial charge in [0.25, 0.3) is 0 Å². The number of carbonyl (C=O) groups is 2. The summed E-state index contributed by atoms with van der Waals surface area (Å²) in [7, 11) is 5.51. The Hall–Kier alpha value is -2.93. The number of allylic oxidation sites excluding steroid dienone is 1. The maximum absolute atomic E-state index is 13.2. The zero-order chi connectivity index (χ0) is 22.0. The van der Waals surface area contributed by atoms with Gasteiger partial charge in [0.05, 0.1) is 22.5 Å². The molecule has 7 heteroatoms. The highest BCUT2D eigenvalue weighted by atomic mass is 32.2. The van der Waals surface area contributed by atoms with Gasteiger partial charge in [-0.05, 0) is 55.2 Å². The van der Waals surface area contributed by atoms with E-state index >= 15 is 0 Å². The zero-order valence-electron chi connectivity index (χ0n) is 18.0. The average molecular weight is 439 g/mol. The number of hydrogen-bond acceptors (Lipinski definition) is 6. The van der Waals surface area contributed by atoms with E-state index in [2.05, 4.69) is 0 Å². The summed E-state index contributed by atoms with van der Waals surface area (Å²) in [6.45, 7) is 1.41. The number of fused-ring (bicyclic) bond motifs is 1. The summed E-state index contributed by atoms with van der Waals surface area (Å²) in [6.07, 6.45) is 4.61. The minimum atomic E-state index is -0.364. The van der Waals surface area contributed by atoms with Crippen LogP contribution in [-0.4, -0.2) is 51.1 Å². The first-order valence-electron chi connectivity index (χ1n) is 10.4. The third-order valence-electron chi connectivity index (χ3n) is 5.48. The van der Waals surface area contributed by atoms with Crippen molar-refractivity contribution in [1.29, 1.82) is 0 Å². The number of carbonyl (C=O) groups excluding carboxylic acids is 2. The van der Waals surface area contributed by atoms with Crippen LogP contribution >= 0.6 is 11.8 Å². The van der Waals surface area contributed by atoms with Gasteiger partial charge in [-0.2, -0.15) is 0 Å². The topological polar surface area (TPSA) is 59.1 Å². The lowest BCUT2D eigenvalue weighted by Crippen LogP contribution is -2.37. The number of hydrogen-bond donors (Lipinski definition) is 0. The normalized spacial score (nSPS) is 16.9. The molecule has 162 valence electrons. The van der Waals surface area contributed by atoms with Crippen LogP contribution in [0.3, 0.4) is 0 Å². The third kappa shape index (κ3) is 4.42. The molecule has 0 unspecified atom stereocenters. The molecule has 2 aliphatic heterocycles. The van der Waals surface area contributed by atoms with Crippen molar-refractivity contribution in [2.75, 3.05) is 39.2 Å². The van der Waals surface area contributed by atoms with Crippen LogP contribution in [0.2, 0.25) is 0 Å². The number of benzene rings is 2. The Bertz CT molecular complexity index is 1020. The molecule has 4 rings (SSSR count). The van der Waals surface area contributed by atoms with E-state index in [1.165, 1.54) is 18.9 Å². The van der Waals surface area contributed by atoms with Crippen LogP contribution in [0, 0.1) is 0 Å². The fraction of sp³-hybridized carbons (Fsp3) is 0.333. The van der Waals surface area contributed by atoms with E-state index in [-0.39, 0.29) is 11.9 Å². The van der Waals surface area contributed by atoms with E-state index in [9.17, 15) is 9.59 Å². The number of nitrogens with zero attached hydrogens (tertiary/aromatic N) is 2. The summed E-state index contributed by atoms with van der Waals surface area (Å²) in [4.78, 5) is 30.7. The molecule has 6 nitrogen and oxygen atoms in total. The molecule has 1 fully saturated rings. The molecule has 1 amide bonds. The van der Waals surface area contributed by atoms with E-state index in [4.69, 9.17) is 9.47 Å². The molecule has 31 heavy (non-hydrogen) atoms. The number of Topliss-reactive ketones (excluding diaryl/α,β-unsaturated/α-hetero) is 1. The van der Waals surface area contributed by atoms with E-state index < -0.39 is 0 Å². The fourth-order valence-electron chi connectivity index (χ4n) is 3.74. The molecular formula is C24H26N2O4S. The first kappa shape index (κ1) is 21.3. The molecule has 0 aromatic heterocycles. The van der Waals surface area contributed by atoms with Crippen molar-refractivity contribution in [3.8, 4) is 11.5 Å².